The molecule has 1 fully saturated rings. The molecular formula is C20H22N4O2S. The predicted molar refractivity (Wildman–Crippen MR) is 104 cm³/mol. The fraction of sp³-hybridized carbons (Fsp3) is 0.350. The first kappa shape index (κ1) is 17.9. The average Bonchev–Trinajstić information content (AvgIpc) is 3.47. The van der Waals surface area contributed by atoms with Crippen LogP contribution in [0.3, 0.4) is 0 Å². The van der Waals surface area contributed by atoms with E-state index in [0.29, 0.717) is 18.1 Å². The van der Waals surface area contributed by atoms with E-state index in [1.54, 1.807) is 6.26 Å². The molecule has 4 rings (SSSR count). The molecule has 1 aliphatic heterocycles. The summed E-state index contributed by atoms with van der Waals surface area (Å²) in [5, 5.41) is 9.07. The van der Waals surface area contributed by atoms with Gasteiger partial charge < -0.3 is 9.32 Å². The van der Waals surface area contributed by atoms with Crippen molar-refractivity contribution in [2.24, 2.45) is 0 Å². The average molecular weight is 382 g/mol. The van der Waals surface area contributed by atoms with Gasteiger partial charge in [-0.2, -0.15) is 0 Å². The van der Waals surface area contributed by atoms with Crippen LogP contribution < -0.4 is 0 Å². The Hall–Kier alpha value is -2.54. The first-order valence-corrected chi connectivity index (χ1v) is 10.1. The van der Waals surface area contributed by atoms with Crippen LogP contribution in [-0.2, 0) is 11.3 Å². The summed E-state index contributed by atoms with van der Waals surface area (Å²) in [4.78, 5) is 15.2. The van der Waals surface area contributed by atoms with Crippen molar-refractivity contribution in [3.63, 3.8) is 0 Å². The molecule has 0 N–H and O–H groups in total. The van der Waals surface area contributed by atoms with E-state index in [0.717, 1.165) is 36.7 Å². The third kappa shape index (κ3) is 3.64. The molecule has 140 valence electrons. The molecule has 27 heavy (non-hydrogen) atoms. The largest absolute Gasteiger partial charge is 0.461 e. The highest BCUT2D eigenvalue weighted by atomic mass is 32.2. The Morgan fingerprint density at radius 1 is 1.15 bits per heavy atom. The smallest absolute Gasteiger partial charge is 0.240 e. The van der Waals surface area contributed by atoms with Gasteiger partial charge in [-0.15, -0.1) is 10.2 Å². The molecule has 0 bridgehead atoms. The molecule has 3 heterocycles. The molecule has 1 amide bonds. The minimum absolute atomic E-state index is 0.147. The number of hydrogen-bond donors (Lipinski definition) is 0. The lowest BCUT2D eigenvalue weighted by Crippen LogP contribution is -2.31. The number of likely N-dealkylation sites (tertiary alicyclic amines) is 1. The van der Waals surface area contributed by atoms with Crippen molar-refractivity contribution in [3.8, 4) is 11.6 Å². The highest BCUT2D eigenvalue weighted by molar-refractivity contribution is 8.00. The lowest BCUT2D eigenvalue weighted by Gasteiger charge is -2.23. The Kier molecular flexibility index (Phi) is 5.29. The zero-order valence-electron chi connectivity index (χ0n) is 15.2. The van der Waals surface area contributed by atoms with E-state index in [9.17, 15) is 4.79 Å². The molecule has 6 nitrogen and oxygen atoms in total. The van der Waals surface area contributed by atoms with Crippen molar-refractivity contribution >= 4 is 17.7 Å². The van der Waals surface area contributed by atoms with E-state index < -0.39 is 0 Å². The summed E-state index contributed by atoms with van der Waals surface area (Å²) in [5.74, 6) is 1.51. The number of rotatable bonds is 6. The van der Waals surface area contributed by atoms with Crippen LogP contribution in [0, 0.1) is 0 Å². The number of carbonyl (C=O) groups excluding carboxylic acids is 1. The van der Waals surface area contributed by atoms with Crippen molar-refractivity contribution in [2.45, 2.75) is 36.7 Å². The van der Waals surface area contributed by atoms with Crippen LogP contribution in [0.5, 0.6) is 0 Å². The first-order valence-electron chi connectivity index (χ1n) is 9.25. The fourth-order valence-electron chi connectivity index (χ4n) is 3.35. The van der Waals surface area contributed by atoms with Crippen LogP contribution in [0.4, 0.5) is 0 Å². The van der Waals surface area contributed by atoms with Gasteiger partial charge >= 0.3 is 0 Å². The van der Waals surface area contributed by atoms with Gasteiger partial charge in [0.1, 0.15) is 5.25 Å². The van der Waals surface area contributed by atoms with Gasteiger partial charge in [-0.25, -0.2) is 0 Å². The van der Waals surface area contributed by atoms with E-state index in [4.69, 9.17) is 4.42 Å². The molecule has 0 saturated carbocycles. The molecule has 7 heteroatoms. The maximum atomic E-state index is 13.2. The highest BCUT2D eigenvalue weighted by Crippen LogP contribution is 2.37. The number of carbonyl (C=O) groups is 1. The molecular weight excluding hydrogens is 360 g/mol. The molecule has 0 aliphatic carbocycles. The molecule has 2 aromatic heterocycles. The number of thioether (sulfide) groups is 1. The fourth-order valence-corrected chi connectivity index (χ4v) is 4.53. The van der Waals surface area contributed by atoms with Crippen molar-refractivity contribution in [3.05, 3.63) is 54.3 Å². The van der Waals surface area contributed by atoms with Crippen molar-refractivity contribution in [1.82, 2.24) is 19.7 Å². The number of benzene rings is 1. The summed E-state index contributed by atoms with van der Waals surface area (Å²) >= 11 is 1.46. The second kappa shape index (κ2) is 8.00. The third-order valence-corrected chi connectivity index (χ3v) is 5.96. The van der Waals surface area contributed by atoms with Crippen LogP contribution in [0.25, 0.3) is 11.6 Å². The van der Waals surface area contributed by atoms with E-state index in [2.05, 4.69) is 10.2 Å². The van der Waals surface area contributed by atoms with E-state index in [1.165, 1.54) is 11.8 Å². The molecule has 0 spiro atoms. The summed E-state index contributed by atoms with van der Waals surface area (Å²) in [7, 11) is 0. The molecule has 1 aromatic carbocycles. The van der Waals surface area contributed by atoms with E-state index in [1.807, 2.05) is 58.9 Å². The number of aromatic nitrogens is 3. The van der Waals surface area contributed by atoms with Gasteiger partial charge in [0.15, 0.2) is 16.7 Å². The highest BCUT2D eigenvalue weighted by Gasteiger charge is 2.30. The zero-order valence-corrected chi connectivity index (χ0v) is 16.1. The standard InChI is InChI=1S/C20H22N4O2S/c1-2-24-18(16-11-8-14-26-16)21-22-20(24)27-17(15-9-4-3-5-10-15)19(25)23-12-6-7-13-23/h3-5,8-11,14,17H,2,6-7,12-13H2,1H3/t17-/m0/s1. The Morgan fingerprint density at radius 2 is 1.93 bits per heavy atom. The Morgan fingerprint density at radius 3 is 2.59 bits per heavy atom. The van der Waals surface area contributed by atoms with Gasteiger partial charge in [0.25, 0.3) is 0 Å². The summed E-state index contributed by atoms with van der Waals surface area (Å²) in [6.07, 6.45) is 3.78. The molecule has 1 saturated heterocycles. The minimum atomic E-state index is -0.330. The summed E-state index contributed by atoms with van der Waals surface area (Å²) < 4.78 is 7.48. The maximum absolute atomic E-state index is 13.2. The van der Waals surface area contributed by atoms with Crippen LogP contribution >= 0.6 is 11.8 Å². The van der Waals surface area contributed by atoms with E-state index in [-0.39, 0.29) is 11.2 Å². The molecule has 0 unspecified atom stereocenters. The van der Waals surface area contributed by atoms with Crippen molar-refractivity contribution < 1.29 is 9.21 Å². The second-order valence-corrected chi connectivity index (χ2v) is 7.54. The van der Waals surface area contributed by atoms with Crippen molar-refractivity contribution in [1.29, 1.82) is 0 Å². The number of amides is 1. The summed E-state index contributed by atoms with van der Waals surface area (Å²) in [6, 6.07) is 13.6. The Balaban J connectivity index is 1.67. The van der Waals surface area contributed by atoms with Gasteiger partial charge in [0.2, 0.25) is 5.91 Å². The quantitative estimate of drug-likeness (QED) is 0.603. The predicted octanol–water partition coefficient (Wildman–Crippen LogP) is 4.01. The number of nitrogens with zero attached hydrogens (tertiary/aromatic N) is 4. The topological polar surface area (TPSA) is 64.2 Å². The minimum Gasteiger partial charge on any atom is -0.461 e. The molecule has 1 aliphatic rings. The summed E-state index contributed by atoms with van der Waals surface area (Å²) in [5.41, 5.74) is 0.990. The molecule has 0 radical (unpaired) electrons. The zero-order chi connectivity index (χ0) is 18.6. The second-order valence-electron chi connectivity index (χ2n) is 6.47. The van der Waals surface area contributed by atoms with Gasteiger partial charge in [-0.1, -0.05) is 42.1 Å². The van der Waals surface area contributed by atoms with E-state index >= 15 is 0 Å². The first-order chi connectivity index (χ1) is 13.3. The van der Waals surface area contributed by atoms with Gasteiger partial charge in [0.05, 0.1) is 6.26 Å². The summed E-state index contributed by atoms with van der Waals surface area (Å²) in [6.45, 7) is 4.41. The Bertz CT molecular complexity index is 886. The van der Waals surface area contributed by atoms with Crippen LogP contribution in [-0.4, -0.2) is 38.7 Å². The van der Waals surface area contributed by atoms with Gasteiger partial charge in [-0.05, 0) is 37.5 Å². The lowest BCUT2D eigenvalue weighted by molar-refractivity contribution is -0.129. The monoisotopic (exact) mass is 382 g/mol. The normalized spacial score (nSPS) is 15.2. The van der Waals surface area contributed by atoms with Crippen LogP contribution in [0.1, 0.15) is 30.6 Å². The third-order valence-electron chi connectivity index (χ3n) is 4.74. The number of furan rings is 1. The Labute approximate surface area is 162 Å². The van der Waals surface area contributed by atoms with Crippen LogP contribution in [0.15, 0.2) is 58.3 Å². The van der Waals surface area contributed by atoms with Crippen LogP contribution in [0.2, 0.25) is 0 Å². The molecule has 3 aromatic rings. The van der Waals surface area contributed by atoms with Gasteiger partial charge in [0, 0.05) is 19.6 Å². The maximum Gasteiger partial charge on any atom is 0.240 e. The van der Waals surface area contributed by atoms with Crippen molar-refractivity contribution in [2.75, 3.05) is 13.1 Å². The number of hydrogen-bond acceptors (Lipinski definition) is 5. The lowest BCUT2D eigenvalue weighted by atomic mass is 10.1. The van der Waals surface area contributed by atoms with Gasteiger partial charge in [-0.3, -0.25) is 9.36 Å². The molecule has 1 atom stereocenters. The SMILES string of the molecule is CCn1c(S[C@H](C(=O)N2CCCC2)c2ccccc2)nnc1-c1ccco1.